The van der Waals surface area contributed by atoms with Crippen LogP contribution in [-0.2, 0) is 9.59 Å². The van der Waals surface area contributed by atoms with E-state index < -0.39 is 12.1 Å². The lowest BCUT2D eigenvalue weighted by atomic mass is 10.0. The molecule has 242 valence electrons. The van der Waals surface area contributed by atoms with E-state index in [9.17, 15) is 19.2 Å². The molecule has 0 spiro atoms. The number of nitrogens with one attached hydrogen (secondary N) is 4. The van der Waals surface area contributed by atoms with Gasteiger partial charge in [-0.1, -0.05) is 77.0 Å². The Kier molecular flexibility index (Phi) is 18.7. The zero-order valence-electron chi connectivity index (χ0n) is 26.6. The first-order valence-electron chi connectivity index (χ1n) is 16.4. The Bertz CT molecular complexity index is 1010. The number of carbonyl (C=O) groups excluding carboxylic acids is 4. The van der Waals surface area contributed by atoms with E-state index in [0.29, 0.717) is 24.2 Å². The average molecular weight is 609 g/mol. The standard InChI is InChI=1S/C34H52N6O4/c1-27(39-33(43)29-17-23-35-24-18-29)31(41)37-21-15-13-11-9-7-5-3-4-6-8-10-12-14-16-22-38-32(42)28(2)40-34(44)30-19-25-36-26-20-30/h17-20,23-28H,3-16,21-22H2,1-2H3,(H,37,41)(H,38,42)(H,39,43)(H,40,44)/t27-,28-/m0/s1. The minimum Gasteiger partial charge on any atom is -0.354 e. The molecule has 2 atom stereocenters. The number of carbonyl (C=O) groups is 4. The number of rotatable bonds is 23. The number of unbranched alkanes of at least 4 members (excludes halogenated alkanes) is 13. The van der Waals surface area contributed by atoms with Gasteiger partial charge in [0.25, 0.3) is 11.8 Å². The van der Waals surface area contributed by atoms with Gasteiger partial charge >= 0.3 is 0 Å². The predicted octanol–water partition coefficient (Wildman–Crippen LogP) is 5.11. The molecule has 2 heterocycles. The summed E-state index contributed by atoms with van der Waals surface area (Å²) in [6.45, 7) is 4.65. The maximum Gasteiger partial charge on any atom is 0.252 e. The third-order valence-electron chi connectivity index (χ3n) is 7.57. The Morgan fingerprint density at radius 1 is 0.500 bits per heavy atom. The van der Waals surface area contributed by atoms with Gasteiger partial charge in [0.2, 0.25) is 11.8 Å². The Morgan fingerprint density at radius 3 is 1.07 bits per heavy atom. The average Bonchev–Trinajstić information content (AvgIpc) is 3.04. The van der Waals surface area contributed by atoms with Crippen molar-refractivity contribution in [1.82, 2.24) is 31.2 Å². The highest BCUT2D eigenvalue weighted by Crippen LogP contribution is 2.13. The molecule has 10 heteroatoms. The summed E-state index contributed by atoms with van der Waals surface area (Å²) in [6, 6.07) is 5.33. The van der Waals surface area contributed by atoms with Crippen LogP contribution in [0.15, 0.2) is 49.1 Å². The van der Waals surface area contributed by atoms with E-state index in [1.54, 1.807) is 62.9 Å². The fourth-order valence-corrected chi connectivity index (χ4v) is 4.80. The number of pyridine rings is 2. The van der Waals surface area contributed by atoms with Gasteiger partial charge in [-0.2, -0.15) is 0 Å². The number of amides is 4. The molecule has 44 heavy (non-hydrogen) atoms. The molecular formula is C34H52N6O4. The quantitative estimate of drug-likeness (QED) is 0.129. The summed E-state index contributed by atoms with van der Waals surface area (Å²) in [5, 5.41) is 11.3. The van der Waals surface area contributed by atoms with Crippen LogP contribution >= 0.6 is 0 Å². The maximum atomic E-state index is 12.2. The third kappa shape index (κ3) is 16.1. The zero-order chi connectivity index (χ0) is 31.8. The lowest BCUT2D eigenvalue weighted by Gasteiger charge is -2.14. The molecular weight excluding hydrogens is 556 g/mol. The monoisotopic (exact) mass is 608 g/mol. The van der Waals surface area contributed by atoms with E-state index in [1.807, 2.05) is 0 Å². The van der Waals surface area contributed by atoms with E-state index in [-0.39, 0.29) is 23.6 Å². The second-order valence-electron chi connectivity index (χ2n) is 11.4. The van der Waals surface area contributed by atoms with Gasteiger partial charge in [-0.3, -0.25) is 29.1 Å². The summed E-state index contributed by atoms with van der Waals surface area (Å²) in [5.74, 6) is -0.869. The number of hydrogen-bond donors (Lipinski definition) is 4. The van der Waals surface area contributed by atoms with E-state index in [4.69, 9.17) is 0 Å². The summed E-state index contributed by atoms with van der Waals surface area (Å²) < 4.78 is 0. The Hall–Kier alpha value is -3.82. The Labute approximate surface area is 263 Å². The molecule has 0 fully saturated rings. The number of hydrogen-bond acceptors (Lipinski definition) is 6. The van der Waals surface area contributed by atoms with Crippen molar-refractivity contribution in [1.29, 1.82) is 0 Å². The Morgan fingerprint density at radius 2 is 0.773 bits per heavy atom. The molecule has 4 amide bonds. The molecule has 0 aromatic carbocycles. The first-order valence-corrected chi connectivity index (χ1v) is 16.4. The predicted molar refractivity (Wildman–Crippen MR) is 173 cm³/mol. The van der Waals surface area contributed by atoms with Crippen LogP contribution in [0.25, 0.3) is 0 Å². The van der Waals surface area contributed by atoms with Crippen LogP contribution in [0.4, 0.5) is 0 Å². The normalized spacial score (nSPS) is 12.1. The van der Waals surface area contributed by atoms with E-state index >= 15 is 0 Å². The fraction of sp³-hybridized carbons (Fsp3) is 0.588. The molecule has 0 unspecified atom stereocenters. The van der Waals surface area contributed by atoms with Gasteiger partial charge in [0, 0.05) is 49.0 Å². The second-order valence-corrected chi connectivity index (χ2v) is 11.4. The number of aromatic nitrogens is 2. The first-order chi connectivity index (χ1) is 21.4. The van der Waals surface area contributed by atoms with Crippen LogP contribution in [0.5, 0.6) is 0 Å². The van der Waals surface area contributed by atoms with Crippen molar-refractivity contribution >= 4 is 23.6 Å². The Balaban J connectivity index is 1.31. The van der Waals surface area contributed by atoms with Crippen molar-refractivity contribution in [2.75, 3.05) is 13.1 Å². The largest absolute Gasteiger partial charge is 0.354 e. The topological polar surface area (TPSA) is 142 Å². The van der Waals surface area contributed by atoms with Crippen molar-refractivity contribution in [3.8, 4) is 0 Å². The molecule has 2 aromatic rings. The van der Waals surface area contributed by atoms with Crippen molar-refractivity contribution < 1.29 is 19.2 Å². The maximum absolute atomic E-state index is 12.2. The smallest absolute Gasteiger partial charge is 0.252 e. The van der Waals surface area contributed by atoms with E-state index in [0.717, 1.165) is 25.7 Å². The van der Waals surface area contributed by atoms with Gasteiger partial charge in [0.1, 0.15) is 12.1 Å². The van der Waals surface area contributed by atoms with Gasteiger partial charge < -0.3 is 21.3 Å². The highest BCUT2D eigenvalue weighted by molar-refractivity contribution is 5.97. The highest BCUT2D eigenvalue weighted by atomic mass is 16.2. The molecule has 0 aliphatic carbocycles. The van der Waals surface area contributed by atoms with Crippen LogP contribution < -0.4 is 21.3 Å². The van der Waals surface area contributed by atoms with Gasteiger partial charge in [0.05, 0.1) is 0 Å². The molecule has 0 saturated carbocycles. The molecule has 10 nitrogen and oxygen atoms in total. The van der Waals surface area contributed by atoms with Crippen molar-refractivity contribution in [2.45, 2.75) is 116 Å². The minimum absolute atomic E-state index is 0.160. The van der Waals surface area contributed by atoms with Gasteiger partial charge in [0.15, 0.2) is 0 Å². The van der Waals surface area contributed by atoms with Crippen LogP contribution in [0, 0.1) is 0 Å². The molecule has 2 rings (SSSR count). The lowest BCUT2D eigenvalue weighted by Crippen LogP contribution is -2.45. The molecule has 2 aromatic heterocycles. The van der Waals surface area contributed by atoms with Crippen molar-refractivity contribution in [3.05, 3.63) is 60.2 Å². The molecule has 4 N–H and O–H groups in total. The highest BCUT2D eigenvalue weighted by Gasteiger charge is 2.17. The summed E-state index contributed by atoms with van der Waals surface area (Å²) in [5.41, 5.74) is 0.982. The SMILES string of the molecule is C[C@H](NC(=O)c1ccncc1)C(=O)NCCCCCCCCCCCCCCCCNC(=O)[C@H](C)NC(=O)c1ccncc1. The van der Waals surface area contributed by atoms with Crippen LogP contribution in [0.1, 0.15) is 124 Å². The molecule has 0 bridgehead atoms. The van der Waals surface area contributed by atoms with Crippen LogP contribution in [0.2, 0.25) is 0 Å². The van der Waals surface area contributed by atoms with Gasteiger partial charge in [-0.25, -0.2) is 0 Å². The minimum atomic E-state index is -0.578. The van der Waals surface area contributed by atoms with Crippen LogP contribution in [0.3, 0.4) is 0 Å². The van der Waals surface area contributed by atoms with Crippen LogP contribution in [-0.4, -0.2) is 58.8 Å². The summed E-state index contributed by atoms with van der Waals surface area (Å²) in [6.07, 6.45) is 22.8. The third-order valence-corrected chi connectivity index (χ3v) is 7.57. The summed E-state index contributed by atoms with van der Waals surface area (Å²) >= 11 is 0. The summed E-state index contributed by atoms with van der Waals surface area (Å²) in [7, 11) is 0. The fourth-order valence-electron chi connectivity index (χ4n) is 4.80. The lowest BCUT2D eigenvalue weighted by molar-refractivity contribution is -0.123. The van der Waals surface area contributed by atoms with Crippen molar-refractivity contribution in [3.63, 3.8) is 0 Å². The molecule has 0 aliphatic heterocycles. The van der Waals surface area contributed by atoms with Gasteiger partial charge in [-0.05, 0) is 51.0 Å². The second kappa shape index (κ2) is 22.7. The summed E-state index contributed by atoms with van der Waals surface area (Å²) in [4.78, 5) is 56.5. The zero-order valence-corrected chi connectivity index (χ0v) is 26.6. The van der Waals surface area contributed by atoms with E-state index in [2.05, 4.69) is 31.2 Å². The molecule has 0 saturated heterocycles. The van der Waals surface area contributed by atoms with Crippen molar-refractivity contribution in [2.24, 2.45) is 0 Å². The molecule has 0 aliphatic rings. The van der Waals surface area contributed by atoms with E-state index in [1.165, 1.54) is 64.2 Å². The number of nitrogens with zero attached hydrogens (tertiary/aromatic N) is 2. The first kappa shape index (κ1) is 36.4. The molecule has 0 radical (unpaired) electrons. The van der Waals surface area contributed by atoms with Gasteiger partial charge in [-0.15, -0.1) is 0 Å².